The number of pyridine rings is 1. The molecule has 2 rings (SSSR count). The molecule has 1 aromatic heterocycles. The first-order valence-corrected chi connectivity index (χ1v) is 4.59. The molecule has 16 heavy (non-hydrogen) atoms. The van der Waals surface area contributed by atoms with E-state index in [9.17, 15) is 14.8 Å². The minimum absolute atomic E-state index is 0.00444. The van der Waals surface area contributed by atoms with Crippen molar-refractivity contribution in [1.82, 2.24) is 0 Å². The van der Waals surface area contributed by atoms with Crippen molar-refractivity contribution in [2.75, 3.05) is 0 Å². The second-order valence-electron chi connectivity index (χ2n) is 3.53. The van der Waals surface area contributed by atoms with Gasteiger partial charge in [-0.25, -0.2) is 4.79 Å². The topological polar surface area (TPSA) is 79.5 Å². The third-order valence-corrected chi connectivity index (χ3v) is 2.24. The predicted octanol–water partition coefficient (Wildman–Crippen LogP) is 0.226. The first-order valence-electron chi connectivity index (χ1n) is 4.59. The molecule has 6 heteroatoms. The minimum atomic E-state index is -1.64. The summed E-state index contributed by atoms with van der Waals surface area (Å²) < 4.78 is 10.2. The Balaban J connectivity index is 2.57. The second-order valence-corrected chi connectivity index (χ2v) is 3.53. The maximum atomic E-state index is 11.5. The van der Waals surface area contributed by atoms with Crippen molar-refractivity contribution in [2.45, 2.75) is 19.6 Å². The Morgan fingerprint density at radius 1 is 1.62 bits per heavy atom. The van der Waals surface area contributed by atoms with Crippen molar-refractivity contribution < 1.29 is 23.8 Å². The van der Waals surface area contributed by atoms with E-state index >= 15 is 0 Å². The fourth-order valence-electron chi connectivity index (χ4n) is 1.72. The van der Waals surface area contributed by atoms with Crippen LogP contribution in [-0.2, 0) is 20.1 Å². The summed E-state index contributed by atoms with van der Waals surface area (Å²) in [7, 11) is 0. The number of esters is 2. The van der Waals surface area contributed by atoms with Gasteiger partial charge in [0.05, 0.1) is 0 Å². The van der Waals surface area contributed by atoms with Gasteiger partial charge in [-0.15, -0.1) is 0 Å². The highest BCUT2D eigenvalue weighted by Gasteiger charge is 2.52. The van der Waals surface area contributed by atoms with Crippen LogP contribution in [0.1, 0.15) is 29.9 Å². The number of hydrogen-bond donors (Lipinski definition) is 0. The van der Waals surface area contributed by atoms with E-state index in [2.05, 4.69) is 0 Å². The minimum Gasteiger partial charge on any atom is -0.618 e. The number of nitrogens with zero attached hydrogens (tertiary/aromatic N) is 1. The molecule has 0 aromatic carbocycles. The van der Waals surface area contributed by atoms with Crippen molar-refractivity contribution in [2.24, 2.45) is 0 Å². The van der Waals surface area contributed by atoms with E-state index in [1.807, 2.05) is 0 Å². The summed E-state index contributed by atoms with van der Waals surface area (Å²) in [5.74, 6) is -2.95. The van der Waals surface area contributed by atoms with Gasteiger partial charge in [-0.2, -0.15) is 4.73 Å². The molecule has 84 valence electrons. The molecule has 0 amide bonds. The van der Waals surface area contributed by atoms with Crippen LogP contribution >= 0.6 is 0 Å². The highest BCUT2D eigenvalue weighted by Crippen LogP contribution is 2.34. The average molecular weight is 223 g/mol. The fourth-order valence-corrected chi connectivity index (χ4v) is 1.72. The number of cyclic esters (lactones) is 1. The fraction of sp³-hybridized carbons (Fsp3) is 0.300. The molecule has 1 aliphatic heterocycles. The smallest absolute Gasteiger partial charge is 0.348 e. The second kappa shape index (κ2) is 3.19. The molecule has 0 fully saturated rings. The van der Waals surface area contributed by atoms with Gasteiger partial charge in [-0.1, -0.05) is 0 Å². The zero-order chi connectivity index (χ0) is 11.9. The Morgan fingerprint density at radius 2 is 2.31 bits per heavy atom. The molecule has 0 saturated carbocycles. The molecule has 0 N–H and O–H groups in total. The maximum Gasteiger partial charge on any atom is 0.348 e. The van der Waals surface area contributed by atoms with Crippen LogP contribution in [0.5, 0.6) is 0 Å². The molecule has 2 heterocycles. The van der Waals surface area contributed by atoms with Gasteiger partial charge in [-0.3, -0.25) is 4.79 Å². The van der Waals surface area contributed by atoms with Crippen LogP contribution in [0.15, 0.2) is 18.3 Å². The number of fused-ring (bicyclic) bond motifs is 1. The van der Waals surface area contributed by atoms with E-state index in [1.54, 1.807) is 0 Å². The summed E-state index contributed by atoms with van der Waals surface area (Å²) in [5.41, 5.74) is 0.108. The maximum absolute atomic E-state index is 11.5. The molecule has 1 aliphatic rings. The molecule has 1 aromatic rings. The number of carbonyl (C=O) groups is 2. The molecule has 0 bridgehead atoms. The monoisotopic (exact) mass is 223 g/mol. The largest absolute Gasteiger partial charge is 0.618 e. The Kier molecular flexibility index (Phi) is 2.08. The van der Waals surface area contributed by atoms with E-state index in [-0.39, 0.29) is 11.3 Å². The molecule has 0 saturated heterocycles. The Labute approximate surface area is 91.0 Å². The zero-order valence-corrected chi connectivity index (χ0v) is 8.72. The van der Waals surface area contributed by atoms with Crippen molar-refractivity contribution in [3.8, 4) is 0 Å². The van der Waals surface area contributed by atoms with E-state index in [1.165, 1.54) is 32.2 Å². The van der Waals surface area contributed by atoms with Crippen LogP contribution in [0.25, 0.3) is 0 Å². The lowest BCUT2D eigenvalue weighted by Crippen LogP contribution is -2.41. The summed E-state index contributed by atoms with van der Waals surface area (Å²) in [6, 6.07) is 2.87. The van der Waals surface area contributed by atoms with Crippen LogP contribution in [0.3, 0.4) is 0 Å². The van der Waals surface area contributed by atoms with E-state index in [0.717, 1.165) is 0 Å². The summed E-state index contributed by atoms with van der Waals surface area (Å²) in [5, 5.41) is 11.5. The lowest BCUT2D eigenvalue weighted by molar-refractivity contribution is -0.625. The van der Waals surface area contributed by atoms with Crippen LogP contribution < -0.4 is 4.73 Å². The number of ether oxygens (including phenoxy) is 2. The van der Waals surface area contributed by atoms with Gasteiger partial charge in [0, 0.05) is 19.9 Å². The number of carbonyl (C=O) groups excluding carboxylic acids is 2. The number of aromatic nitrogens is 1. The van der Waals surface area contributed by atoms with Crippen LogP contribution in [0, 0.1) is 5.21 Å². The number of hydrogen-bond acceptors (Lipinski definition) is 5. The first-order chi connectivity index (χ1) is 7.44. The van der Waals surface area contributed by atoms with Crippen molar-refractivity contribution in [3.63, 3.8) is 0 Å². The summed E-state index contributed by atoms with van der Waals surface area (Å²) in [6.45, 7) is 2.53. The van der Waals surface area contributed by atoms with Crippen LogP contribution in [0.2, 0.25) is 0 Å². The average Bonchev–Trinajstić information content (AvgIpc) is 2.38. The van der Waals surface area contributed by atoms with Gasteiger partial charge >= 0.3 is 17.7 Å². The third kappa shape index (κ3) is 1.39. The normalized spacial score (nSPS) is 22.5. The van der Waals surface area contributed by atoms with Crippen molar-refractivity contribution in [3.05, 3.63) is 34.8 Å². The Hall–Kier alpha value is -2.11. The molecule has 6 nitrogen and oxygen atoms in total. The Bertz CT molecular complexity index is 480. The van der Waals surface area contributed by atoms with Gasteiger partial charge in [0.1, 0.15) is 5.56 Å². The summed E-state index contributed by atoms with van der Waals surface area (Å²) >= 11 is 0. The van der Waals surface area contributed by atoms with Crippen LogP contribution in [-0.4, -0.2) is 11.9 Å². The van der Waals surface area contributed by atoms with Gasteiger partial charge in [0.25, 0.3) is 5.69 Å². The van der Waals surface area contributed by atoms with Gasteiger partial charge in [0.15, 0.2) is 6.20 Å². The summed E-state index contributed by atoms with van der Waals surface area (Å²) in [6.07, 6.45) is 1.21. The van der Waals surface area contributed by atoms with Crippen molar-refractivity contribution >= 4 is 11.9 Å². The molecule has 0 aliphatic carbocycles. The highest BCUT2D eigenvalue weighted by molar-refractivity contribution is 5.93. The first kappa shape index (κ1) is 10.4. The van der Waals surface area contributed by atoms with Crippen LogP contribution in [0.4, 0.5) is 0 Å². The molecular formula is C10H9NO5. The quantitative estimate of drug-likeness (QED) is 0.386. The van der Waals surface area contributed by atoms with E-state index in [0.29, 0.717) is 4.73 Å². The lowest BCUT2D eigenvalue weighted by Gasteiger charge is -2.20. The van der Waals surface area contributed by atoms with Gasteiger partial charge < -0.3 is 14.7 Å². The molecular weight excluding hydrogens is 214 g/mol. The SMILES string of the molecule is CC(=O)O[C@@]1(C)OC(=O)c2ccc[n+]([O-])c21. The number of rotatable bonds is 1. The Morgan fingerprint density at radius 3 is 2.94 bits per heavy atom. The van der Waals surface area contributed by atoms with Gasteiger partial charge in [-0.05, 0) is 6.07 Å². The highest BCUT2D eigenvalue weighted by atomic mass is 16.7. The van der Waals surface area contributed by atoms with Gasteiger partial charge in [0.2, 0.25) is 0 Å². The standard InChI is InChI=1S/C10H9NO5/c1-6(12)15-10(2)8-7(9(13)16-10)4-3-5-11(8)14/h3-5H,1-2H3/t10-/m0/s1. The lowest BCUT2D eigenvalue weighted by atomic mass is 10.1. The molecule has 0 spiro atoms. The predicted molar refractivity (Wildman–Crippen MR) is 49.9 cm³/mol. The third-order valence-electron chi connectivity index (χ3n) is 2.24. The summed E-state index contributed by atoms with van der Waals surface area (Å²) in [4.78, 5) is 22.4. The molecule has 1 atom stereocenters. The molecule has 0 unspecified atom stereocenters. The zero-order valence-electron chi connectivity index (χ0n) is 8.72. The van der Waals surface area contributed by atoms with Crippen molar-refractivity contribution in [1.29, 1.82) is 0 Å². The van der Waals surface area contributed by atoms with E-state index in [4.69, 9.17) is 9.47 Å². The van der Waals surface area contributed by atoms with E-state index < -0.39 is 17.7 Å². The molecule has 0 radical (unpaired) electrons.